The van der Waals surface area contributed by atoms with Crippen LogP contribution in [0.1, 0.15) is 19.7 Å². The molecule has 0 amide bonds. The maximum Gasteiger partial charge on any atom is 0.350 e. The minimum atomic E-state index is -1.63. The van der Waals surface area contributed by atoms with Crippen LogP contribution in [0.15, 0.2) is 33.8 Å². The standard InChI is InChI=1S/C15H13N5O4S3/c1-15(2,12(22)23)24-19-9(10-18-13(16)27-20-10)11(21)26-14-17-7-5-3-4-6-8(7)25-14/h3-6H,1-2H3,(H,22,23)(H2,16,18,20)/b19-9+. The van der Waals surface area contributed by atoms with Gasteiger partial charge in [-0.25, -0.2) is 9.78 Å². The molecule has 0 saturated heterocycles. The Kier molecular flexibility index (Phi) is 5.39. The summed E-state index contributed by atoms with van der Waals surface area (Å²) in [5, 5.41) is 12.5. The summed E-state index contributed by atoms with van der Waals surface area (Å²) in [5.41, 5.74) is 4.48. The van der Waals surface area contributed by atoms with Crippen molar-refractivity contribution in [2.24, 2.45) is 5.16 Å². The molecule has 0 aliphatic heterocycles. The molecule has 140 valence electrons. The Hall–Kier alpha value is -2.57. The molecule has 27 heavy (non-hydrogen) atoms. The predicted molar refractivity (Wildman–Crippen MR) is 104 cm³/mol. The number of thiazole rings is 1. The first-order valence-corrected chi connectivity index (χ1v) is 9.84. The minimum Gasteiger partial charge on any atom is -0.478 e. The fourth-order valence-electron chi connectivity index (χ4n) is 1.72. The number of carboxylic acid groups (broad SMARTS) is 1. The second-order valence-corrected chi connectivity index (χ2v) is 8.67. The van der Waals surface area contributed by atoms with Crippen LogP contribution in [-0.4, -0.2) is 41.8 Å². The molecule has 9 nitrogen and oxygen atoms in total. The number of oxime groups is 1. The topological polar surface area (TPSA) is 141 Å². The molecule has 0 aliphatic carbocycles. The molecule has 0 bridgehead atoms. The maximum atomic E-state index is 12.7. The number of aromatic nitrogens is 3. The fourth-order valence-corrected chi connectivity index (χ4v) is 4.04. The number of rotatable bonds is 6. The lowest BCUT2D eigenvalue weighted by Crippen LogP contribution is -2.33. The molecular formula is C15H13N5O4S3. The van der Waals surface area contributed by atoms with Crippen molar-refractivity contribution >= 4 is 66.8 Å². The van der Waals surface area contributed by atoms with Gasteiger partial charge in [0.2, 0.25) is 17.1 Å². The Morgan fingerprint density at radius 1 is 1.30 bits per heavy atom. The van der Waals surface area contributed by atoms with E-state index in [0.717, 1.165) is 33.5 Å². The number of aliphatic carboxylic acids is 1. The summed E-state index contributed by atoms with van der Waals surface area (Å²) in [6.07, 6.45) is 0. The van der Waals surface area contributed by atoms with Crippen molar-refractivity contribution in [3.05, 3.63) is 30.1 Å². The van der Waals surface area contributed by atoms with E-state index in [4.69, 9.17) is 15.7 Å². The van der Waals surface area contributed by atoms with Crippen molar-refractivity contribution < 1.29 is 19.5 Å². The normalized spacial score (nSPS) is 12.3. The first-order valence-electron chi connectivity index (χ1n) is 7.43. The van der Waals surface area contributed by atoms with Crippen molar-refractivity contribution in [1.82, 2.24) is 14.3 Å². The second kappa shape index (κ2) is 7.58. The number of hydrogen-bond donors (Lipinski definition) is 2. The van der Waals surface area contributed by atoms with Gasteiger partial charge in [-0.2, -0.15) is 9.36 Å². The number of nitrogen functional groups attached to an aromatic ring is 1. The summed E-state index contributed by atoms with van der Waals surface area (Å²) >= 11 is 3.07. The lowest BCUT2D eigenvalue weighted by atomic mass is 10.1. The monoisotopic (exact) mass is 423 g/mol. The molecule has 1 aromatic carbocycles. The third-order valence-corrected chi connectivity index (χ3v) is 5.70. The average molecular weight is 424 g/mol. The maximum absolute atomic E-state index is 12.7. The highest BCUT2D eigenvalue weighted by Gasteiger charge is 2.31. The number of benzene rings is 1. The lowest BCUT2D eigenvalue weighted by Gasteiger charge is -2.16. The zero-order valence-corrected chi connectivity index (χ0v) is 16.5. The number of carbonyl (C=O) groups is 2. The van der Waals surface area contributed by atoms with E-state index in [9.17, 15) is 9.59 Å². The molecule has 0 spiro atoms. The highest BCUT2D eigenvalue weighted by Crippen LogP contribution is 2.30. The number of carbonyl (C=O) groups excluding carboxylic acids is 1. The van der Waals surface area contributed by atoms with Crippen LogP contribution in [-0.2, 0) is 14.4 Å². The average Bonchev–Trinajstić information content (AvgIpc) is 3.20. The smallest absolute Gasteiger partial charge is 0.350 e. The van der Waals surface area contributed by atoms with E-state index in [2.05, 4.69) is 19.5 Å². The number of fused-ring (bicyclic) bond motifs is 1. The zero-order chi connectivity index (χ0) is 19.6. The van der Waals surface area contributed by atoms with Crippen molar-refractivity contribution in [3.8, 4) is 0 Å². The molecule has 0 saturated carbocycles. The van der Waals surface area contributed by atoms with Gasteiger partial charge in [0, 0.05) is 11.5 Å². The Morgan fingerprint density at radius 3 is 2.67 bits per heavy atom. The molecule has 12 heteroatoms. The zero-order valence-electron chi connectivity index (χ0n) is 14.1. The van der Waals surface area contributed by atoms with Gasteiger partial charge < -0.3 is 15.7 Å². The first kappa shape index (κ1) is 19.2. The van der Waals surface area contributed by atoms with E-state index < -0.39 is 16.7 Å². The summed E-state index contributed by atoms with van der Waals surface area (Å²) in [7, 11) is 0. The highest BCUT2D eigenvalue weighted by atomic mass is 32.2. The minimum absolute atomic E-state index is 0.0303. The van der Waals surface area contributed by atoms with E-state index >= 15 is 0 Å². The quantitative estimate of drug-likeness (QED) is 0.348. The molecule has 0 unspecified atom stereocenters. The first-order chi connectivity index (χ1) is 12.8. The van der Waals surface area contributed by atoms with E-state index in [0.29, 0.717) is 4.34 Å². The van der Waals surface area contributed by atoms with Crippen LogP contribution in [0, 0.1) is 0 Å². The Labute approximate surface area is 165 Å². The van der Waals surface area contributed by atoms with Gasteiger partial charge in [0.25, 0.3) is 5.12 Å². The lowest BCUT2D eigenvalue weighted by molar-refractivity contribution is -0.161. The van der Waals surface area contributed by atoms with E-state index in [1.165, 1.54) is 25.2 Å². The van der Waals surface area contributed by atoms with E-state index in [1.54, 1.807) is 0 Å². The largest absolute Gasteiger partial charge is 0.478 e. The molecule has 3 rings (SSSR count). The molecule has 3 N–H and O–H groups in total. The van der Waals surface area contributed by atoms with Gasteiger partial charge in [-0.15, -0.1) is 11.3 Å². The van der Waals surface area contributed by atoms with Crippen LogP contribution >= 0.6 is 34.6 Å². The van der Waals surface area contributed by atoms with Gasteiger partial charge >= 0.3 is 5.97 Å². The van der Waals surface area contributed by atoms with Gasteiger partial charge in [-0.3, -0.25) is 4.79 Å². The van der Waals surface area contributed by atoms with Gasteiger partial charge in [-0.05, 0) is 37.7 Å². The summed E-state index contributed by atoms with van der Waals surface area (Å²) < 4.78 is 5.41. The highest BCUT2D eigenvalue weighted by molar-refractivity contribution is 8.16. The number of anilines is 1. The number of nitrogens with two attached hydrogens (primary N) is 1. The SMILES string of the molecule is CC(C)(O/N=C(/C(=O)Sc1nc2ccccc2s1)c1nsc(N)n1)C(=O)O. The van der Waals surface area contributed by atoms with Gasteiger partial charge in [-0.1, -0.05) is 17.3 Å². The number of hydrogen-bond acceptors (Lipinski definition) is 11. The van der Waals surface area contributed by atoms with E-state index in [-0.39, 0.29) is 16.7 Å². The number of thioether (sulfide) groups is 1. The van der Waals surface area contributed by atoms with Crippen LogP contribution < -0.4 is 5.73 Å². The number of para-hydroxylation sites is 1. The van der Waals surface area contributed by atoms with Crippen molar-refractivity contribution in [2.45, 2.75) is 23.8 Å². The fraction of sp³-hybridized carbons (Fsp3) is 0.200. The summed E-state index contributed by atoms with van der Waals surface area (Å²) in [5.74, 6) is -1.26. The van der Waals surface area contributed by atoms with Crippen LogP contribution in [0.2, 0.25) is 0 Å². The molecular weight excluding hydrogens is 410 g/mol. The molecule has 0 radical (unpaired) electrons. The van der Waals surface area contributed by atoms with Crippen molar-refractivity contribution in [2.75, 3.05) is 5.73 Å². The summed E-state index contributed by atoms with van der Waals surface area (Å²) in [6, 6.07) is 7.48. The van der Waals surface area contributed by atoms with Gasteiger partial charge in [0.1, 0.15) is 0 Å². The Balaban J connectivity index is 1.89. The van der Waals surface area contributed by atoms with Crippen molar-refractivity contribution in [3.63, 3.8) is 0 Å². The van der Waals surface area contributed by atoms with Crippen molar-refractivity contribution in [1.29, 1.82) is 0 Å². The third kappa shape index (κ3) is 4.40. The summed E-state index contributed by atoms with van der Waals surface area (Å²) in [6.45, 7) is 2.62. The predicted octanol–water partition coefficient (Wildman–Crippen LogP) is 2.63. The van der Waals surface area contributed by atoms with Crippen LogP contribution in [0.25, 0.3) is 10.2 Å². The Morgan fingerprint density at radius 2 is 2.04 bits per heavy atom. The molecule has 0 atom stereocenters. The Bertz CT molecular complexity index is 1010. The van der Waals surface area contributed by atoms with Gasteiger partial charge in [0.15, 0.2) is 9.47 Å². The van der Waals surface area contributed by atoms with Crippen LogP contribution in [0.3, 0.4) is 0 Å². The molecule has 0 fully saturated rings. The van der Waals surface area contributed by atoms with E-state index in [1.807, 2.05) is 24.3 Å². The third-order valence-electron chi connectivity index (χ3n) is 3.18. The van der Waals surface area contributed by atoms with Crippen LogP contribution in [0.4, 0.5) is 5.13 Å². The summed E-state index contributed by atoms with van der Waals surface area (Å²) in [4.78, 5) is 37.3. The van der Waals surface area contributed by atoms with Gasteiger partial charge in [0.05, 0.1) is 10.2 Å². The number of carboxylic acids is 1. The molecule has 0 aliphatic rings. The molecule has 3 aromatic rings. The molecule has 2 heterocycles. The molecule has 2 aromatic heterocycles. The number of nitrogens with zero attached hydrogens (tertiary/aromatic N) is 4. The second-order valence-electron chi connectivity index (χ2n) is 5.64. The van der Waals surface area contributed by atoms with Crippen LogP contribution in [0.5, 0.6) is 0 Å².